The topological polar surface area (TPSA) is 83.8 Å². The van der Waals surface area contributed by atoms with Crippen molar-refractivity contribution in [1.82, 2.24) is 4.48 Å². The number of carboxylic acid groups (broad SMARTS) is 2. The number of carboxylic acids is 2. The van der Waals surface area contributed by atoms with Gasteiger partial charge in [-0.1, -0.05) is 76.5 Å². The van der Waals surface area contributed by atoms with Crippen LogP contribution in [-0.2, 0) is 14.3 Å². The predicted octanol–water partition coefficient (Wildman–Crippen LogP) is 5.10. The van der Waals surface area contributed by atoms with Crippen LogP contribution in [0.15, 0.2) is 30.3 Å². The molecule has 1 rings (SSSR count). The number of quaternary nitrogens is 1. The minimum Gasteiger partial charge on any atom is -0.480 e. The van der Waals surface area contributed by atoms with E-state index in [4.69, 9.17) is 9.84 Å². The Bertz CT molecular complexity index is 593. The molecule has 6 heteroatoms. The molecule has 1 unspecified atom stereocenters. The van der Waals surface area contributed by atoms with Crippen molar-refractivity contribution in [2.24, 2.45) is 0 Å². The van der Waals surface area contributed by atoms with E-state index in [-0.39, 0.29) is 24.2 Å². The number of para-hydroxylation sites is 1. The summed E-state index contributed by atoms with van der Waals surface area (Å²) in [6, 6.07) is 9.66. The maximum absolute atomic E-state index is 11.7. The van der Waals surface area contributed by atoms with Gasteiger partial charge in [0.2, 0.25) is 0 Å². The third-order valence-electron chi connectivity index (χ3n) is 5.57. The molecule has 1 aromatic rings. The fourth-order valence-corrected chi connectivity index (χ4v) is 3.92. The van der Waals surface area contributed by atoms with E-state index in [1.165, 1.54) is 51.4 Å². The molecule has 0 saturated heterocycles. The molecule has 0 fully saturated rings. The summed E-state index contributed by atoms with van der Waals surface area (Å²) in [7, 11) is 0. The lowest BCUT2D eigenvalue weighted by Gasteiger charge is -2.37. The monoisotopic (exact) mass is 422 g/mol. The van der Waals surface area contributed by atoms with Crippen molar-refractivity contribution in [1.29, 1.82) is 0 Å². The molecule has 170 valence electrons. The van der Waals surface area contributed by atoms with Gasteiger partial charge in [0.1, 0.15) is 18.8 Å². The first-order valence-corrected chi connectivity index (χ1v) is 11.4. The Morgan fingerprint density at radius 2 is 1.37 bits per heavy atom. The molecule has 1 aromatic carbocycles. The summed E-state index contributed by atoms with van der Waals surface area (Å²) in [5, 5.41) is 18.4. The molecule has 1 atom stereocenters. The van der Waals surface area contributed by atoms with Crippen LogP contribution >= 0.6 is 0 Å². The summed E-state index contributed by atoms with van der Waals surface area (Å²) in [5.41, 5.74) is 0.940. The van der Waals surface area contributed by atoms with Gasteiger partial charge in [-0.3, -0.25) is 4.48 Å². The molecule has 6 nitrogen and oxygen atoms in total. The van der Waals surface area contributed by atoms with Gasteiger partial charge < -0.3 is 14.9 Å². The number of benzene rings is 1. The van der Waals surface area contributed by atoms with Gasteiger partial charge in [0, 0.05) is 0 Å². The highest BCUT2D eigenvalue weighted by atomic mass is 16.5. The molecule has 0 aliphatic heterocycles. The second-order valence-electron chi connectivity index (χ2n) is 8.11. The Hall–Kier alpha value is -1.92. The summed E-state index contributed by atoms with van der Waals surface area (Å²) < 4.78 is 5.53. The highest BCUT2D eigenvalue weighted by molar-refractivity contribution is 5.72. The zero-order valence-electron chi connectivity index (χ0n) is 18.6. The Morgan fingerprint density at radius 1 is 0.800 bits per heavy atom. The number of rotatable bonds is 19. The van der Waals surface area contributed by atoms with Crippen LogP contribution in [0.2, 0.25) is 0 Å². The molecule has 2 N–H and O–H groups in total. The SMILES string of the molecule is CCCCCCCCCCCC[N+](CCOCC(=O)O)(CC(=O)O)c1ccccc1. The first-order valence-electron chi connectivity index (χ1n) is 11.4. The van der Waals surface area contributed by atoms with E-state index in [1.54, 1.807) is 0 Å². The van der Waals surface area contributed by atoms with Gasteiger partial charge in [-0.2, -0.15) is 0 Å². The molecular weight excluding hydrogens is 382 g/mol. The average molecular weight is 423 g/mol. The van der Waals surface area contributed by atoms with Crippen LogP contribution in [0.1, 0.15) is 71.1 Å². The Morgan fingerprint density at radius 3 is 1.90 bits per heavy atom. The molecule has 0 saturated carbocycles. The van der Waals surface area contributed by atoms with Crippen molar-refractivity contribution in [3.05, 3.63) is 30.3 Å². The van der Waals surface area contributed by atoms with Crippen molar-refractivity contribution in [2.75, 3.05) is 32.8 Å². The quantitative estimate of drug-likeness (QED) is 0.239. The van der Waals surface area contributed by atoms with E-state index in [0.717, 1.165) is 18.5 Å². The van der Waals surface area contributed by atoms with E-state index >= 15 is 0 Å². The lowest BCUT2D eigenvalue weighted by Crippen LogP contribution is -2.55. The molecule has 30 heavy (non-hydrogen) atoms. The number of carbonyl (C=O) groups is 2. The molecule has 0 aliphatic carbocycles. The average Bonchev–Trinajstić information content (AvgIpc) is 2.72. The molecule has 0 bridgehead atoms. The highest BCUT2D eigenvalue weighted by Crippen LogP contribution is 2.24. The predicted molar refractivity (Wildman–Crippen MR) is 121 cm³/mol. The van der Waals surface area contributed by atoms with Gasteiger partial charge in [-0.05, 0) is 25.0 Å². The molecule has 0 spiro atoms. The van der Waals surface area contributed by atoms with Gasteiger partial charge in [0.15, 0.2) is 6.54 Å². The van der Waals surface area contributed by atoms with Gasteiger partial charge in [-0.15, -0.1) is 0 Å². The molecule has 0 amide bonds. The van der Waals surface area contributed by atoms with E-state index < -0.39 is 11.9 Å². The number of nitrogens with zero attached hydrogens (tertiary/aromatic N) is 1. The second kappa shape index (κ2) is 15.9. The first-order chi connectivity index (χ1) is 14.5. The zero-order valence-corrected chi connectivity index (χ0v) is 18.6. The Kier molecular flexibility index (Phi) is 13.8. The summed E-state index contributed by atoms with van der Waals surface area (Å²) in [6.07, 6.45) is 12.3. The normalized spacial score (nSPS) is 13.1. The fourth-order valence-electron chi connectivity index (χ4n) is 3.92. The Balaban J connectivity index is 2.57. The van der Waals surface area contributed by atoms with Crippen molar-refractivity contribution < 1.29 is 24.5 Å². The van der Waals surface area contributed by atoms with E-state index in [9.17, 15) is 14.7 Å². The molecule has 0 radical (unpaired) electrons. The van der Waals surface area contributed by atoms with Crippen molar-refractivity contribution >= 4 is 17.6 Å². The lowest BCUT2D eigenvalue weighted by molar-refractivity contribution is -0.143. The van der Waals surface area contributed by atoms with Crippen LogP contribution in [-0.4, -0.2) is 55.0 Å². The van der Waals surface area contributed by atoms with Crippen LogP contribution in [0, 0.1) is 0 Å². The summed E-state index contributed by atoms with van der Waals surface area (Å²) in [4.78, 5) is 22.4. The number of hydrogen-bond donors (Lipinski definition) is 2. The standard InChI is InChI=1S/C24H39NO5/c1-2-3-4-5-6-7-8-9-10-14-17-25(20-23(26)27,18-19-30-21-24(28)29)22-15-12-11-13-16-22/h11-13,15-16H,2-10,14,17-21H2,1H3,(H-,26,27,28,29)/p+1. The zero-order chi connectivity index (χ0) is 22.1. The van der Waals surface area contributed by atoms with Gasteiger partial charge in [-0.25, -0.2) is 9.59 Å². The first kappa shape index (κ1) is 26.1. The largest absolute Gasteiger partial charge is 0.480 e. The smallest absolute Gasteiger partial charge is 0.359 e. The van der Waals surface area contributed by atoms with Gasteiger partial charge in [0.25, 0.3) is 0 Å². The third kappa shape index (κ3) is 11.3. The van der Waals surface area contributed by atoms with Gasteiger partial charge in [0.05, 0.1) is 13.2 Å². The lowest BCUT2D eigenvalue weighted by atomic mass is 10.1. The van der Waals surface area contributed by atoms with Crippen LogP contribution < -0.4 is 4.48 Å². The minimum atomic E-state index is -1.01. The maximum Gasteiger partial charge on any atom is 0.359 e. The van der Waals surface area contributed by atoms with Crippen molar-refractivity contribution in [2.45, 2.75) is 71.1 Å². The third-order valence-corrected chi connectivity index (χ3v) is 5.57. The second-order valence-corrected chi connectivity index (χ2v) is 8.11. The highest BCUT2D eigenvalue weighted by Gasteiger charge is 2.32. The van der Waals surface area contributed by atoms with E-state index in [0.29, 0.717) is 13.1 Å². The molecule has 0 aromatic heterocycles. The summed E-state index contributed by atoms with van der Waals surface area (Å²) in [6.45, 7) is 3.21. The molecule has 0 heterocycles. The van der Waals surface area contributed by atoms with Crippen molar-refractivity contribution in [3.63, 3.8) is 0 Å². The van der Waals surface area contributed by atoms with E-state index in [2.05, 4.69) is 6.92 Å². The summed E-state index contributed by atoms with van der Waals surface area (Å²) >= 11 is 0. The fraction of sp³-hybridized carbons (Fsp3) is 0.667. The van der Waals surface area contributed by atoms with E-state index in [1.807, 2.05) is 30.3 Å². The summed E-state index contributed by atoms with van der Waals surface area (Å²) in [5.74, 6) is -1.87. The van der Waals surface area contributed by atoms with Crippen LogP contribution in [0.25, 0.3) is 0 Å². The number of hydrogen-bond acceptors (Lipinski definition) is 3. The maximum atomic E-state index is 11.7. The Labute approximate surface area is 181 Å². The van der Waals surface area contributed by atoms with Crippen LogP contribution in [0.5, 0.6) is 0 Å². The molecule has 0 aliphatic rings. The van der Waals surface area contributed by atoms with Crippen molar-refractivity contribution in [3.8, 4) is 0 Å². The number of ether oxygens (including phenoxy) is 1. The van der Waals surface area contributed by atoms with Gasteiger partial charge >= 0.3 is 11.9 Å². The van der Waals surface area contributed by atoms with Crippen LogP contribution in [0.3, 0.4) is 0 Å². The minimum absolute atomic E-state index is 0.0299. The molecular formula is C24H40NO5+. The van der Waals surface area contributed by atoms with Crippen LogP contribution in [0.4, 0.5) is 5.69 Å². The number of aliphatic carboxylic acids is 2. The number of unbranched alkanes of at least 4 members (excludes halogenated alkanes) is 9.